The summed E-state index contributed by atoms with van der Waals surface area (Å²) in [6.07, 6.45) is -106. The lowest BCUT2D eigenvalue weighted by molar-refractivity contribution is -0.408. The van der Waals surface area contributed by atoms with E-state index >= 15 is 0 Å². The van der Waals surface area contributed by atoms with Gasteiger partial charge in [-0.1, -0.05) is 0 Å². The van der Waals surface area contributed by atoms with Crippen molar-refractivity contribution < 1.29 is 267 Å². The molecule has 0 aromatic rings. The Morgan fingerprint density at radius 3 is 0.926 bits per heavy atom. The highest BCUT2D eigenvalue weighted by molar-refractivity contribution is 7.46. The Bertz CT molecular complexity index is 3250. The lowest BCUT2D eigenvalue weighted by Gasteiger charge is -2.51. The van der Waals surface area contributed by atoms with E-state index in [0.29, 0.717) is 0 Å². The Kier molecular flexibility index (Phi) is 35.8. The summed E-state index contributed by atoms with van der Waals surface area (Å²) in [5.74, 6) is -1.81. The van der Waals surface area contributed by atoms with Crippen LogP contribution in [0.4, 0.5) is 0 Å². The maximum atomic E-state index is 13.1. The molecule has 121 heavy (non-hydrogen) atoms. The molecule has 0 saturated carbocycles. The van der Waals surface area contributed by atoms with Gasteiger partial charge in [-0.2, -0.15) is 0 Å². The zero-order chi connectivity index (χ0) is 89.1. The molecule has 0 aromatic carbocycles. The topological polar surface area (TPSA) is 887 Å². The fourth-order valence-electron chi connectivity index (χ4n) is 15.1. The Labute approximate surface area is 682 Å². The summed E-state index contributed by atoms with van der Waals surface area (Å²) in [5, 5.41) is 327. The molecule has 10 heterocycles. The minimum absolute atomic E-state index is 0.819. The number of phosphoric ester groups is 1. The van der Waals surface area contributed by atoms with Crippen molar-refractivity contribution in [3.63, 3.8) is 0 Å². The second-order valence-electron chi connectivity index (χ2n) is 30.1. The second kappa shape index (κ2) is 43.2. The Morgan fingerprint density at radius 2 is 0.521 bits per heavy atom. The highest BCUT2D eigenvalue weighted by Crippen LogP contribution is 2.42. The fraction of sp³-hybridized carbons (Fsp3) is 0.969. The molecule has 0 radical (unpaired) electrons. The van der Waals surface area contributed by atoms with Gasteiger partial charge < -0.3 is 259 Å². The number of ether oxygens (including phenoxy) is 19. The second-order valence-corrected chi connectivity index (χ2v) is 31.4. The SMILES string of the molecule is CC(=O)N[C@@H]1[C@@H](O)[C@H](O[C@@H]2O[C@H](CO)[C@@H](O[C@@H]3O[C@H](CO[C@H]4O[C@H](CO[C@H]5O[C@H](CO)[C@@H](O)[C@H](O)[C@@H]5O[C@H]5O[C@H](CO)[C@@H](O)[C@H](O)[C@@H]5O)[C@@H](O)[C@H](O[C@H]5O[C@H](COP(=O)(O)O)[C@@H](O)[C@H](O)[C@@H]5O)[C@@H]4O)[C@@H](O)[C@H](O[C@H]4O[C@H](CO)[C@@H](O)[C@H](O)[C@@H]4O[C@H]4O[C@H](CO)[C@@H](O)[C@H](O)[C@@H]4O[C@H]4O[C@H](CO)[C@@H](O)[C@H](O)[C@@H]4O)[C@@H]3O)[C@H](O)[C@H]2NC(C)=O)[C@@H](CO)O[C@H]1O. The first-order valence-corrected chi connectivity index (χ1v) is 39.4. The van der Waals surface area contributed by atoms with E-state index in [1.165, 1.54) is 0 Å². The highest BCUT2D eigenvalue weighted by atomic mass is 31.2. The molecule has 0 aliphatic carbocycles. The molecule has 10 aliphatic heterocycles. The van der Waals surface area contributed by atoms with Crippen molar-refractivity contribution in [3.8, 4) is 0 Å². The molecule has 10 saturated heterocycles. The van der Waals surface area contributed by atoms with E-state index in [0.717, 1.165) is 13.8 Å². The molecule has 0 spiro atoms. The number of rotatable bonds is 32. The van der Waals surface area contributed by atoms with E-state index in [1.54, 1.807) is 0 Å². The van der Waals surface area contributed by atoms with Gasteiger partial charge in [-0.25, -0.2) is 4.57 Å². The monoisotopic (exact) mass is 1800 g/mol. The number of carbonyl (C=O) groups excluding carboxylic acids is 2. The van der Waals surface area contributed by atoms with Gasteiger partial charge in [0.1, 0.15) is 244 Å². The van der Waals surface area contributed by atoms with Gasteiger partial charge >= 0.3 is 7.82 Å². The standard InChI is InChI=1S/C64H109N2O54P/c1-13(74)65-25-35(84)48(20(8-72)104-55(25)97)114-56-26(66-14(2)75)36(85)49(21(9-73)110-56)115-61-47(96)51(117-63-54(42(91)31(80)18(6-70)108-63)120-64-53(41(90)30(79)19(7-71)109-64)119-59-44(93)38(87)28(77)16(4-68)106-59)34(83)23(112-61)10-101-57-46(95)50(116-60-45(94)39(88)32(81)24(113-60)12-103-121(98,99)100)33(82)22(111-57)11-102-62-52(40(89)29(78)17(5-69)107-62)118-58-43(92)37(86)27(76)15(3-67)105-58/h15-64,67-73,76-97H,3-12H2,1-2H3,(H,65,74)(H,66,75)(H2,98,99,100)/t15-,16-,17-,18-,19-,20-,21-,22-,23-,24-,25-,26-,27-,28-,29-,30-,31-,32-,33-,34-,35-,36-,37+,38+,39+,40+,41+,42+,43+,44+,45+,46+,47+,48-,49-,50+,51+,52+,53+,54+,55-,56+,57+,58-,59-,60-,61+,62+,63-,64-/m1/s1. The third-order valence-corrected chi connectivity index (χ3v) is 22.4. The normalized spacial score (nSPS) is 50.3. The van der Waals surface area contributed by atoms with Crippen molar-refractivity contribution in [1.29, 1.82) is 0 Å². The summed E-state index contributed by atoms with van der Waals surface area (Å²) in [6.45, 7) is -9.81. The van der Waals surface area contributed by atoms with Gasteiger partial charge in [0.15, 0.2) is 62.9 Å². The van der Waals surface area contributed by atoms with Crippen molar-refractivity contribution in [2.45, 2.75) is 321 Å². The molecule has 50 atom stereocenters. The molecule has 10 aliphatic rings. The van der Waals surface area contributed by atoms with Crippen LogP contribution in [0.3, 0.4) is 0 Å². The van der Waals surface area contributed by atoms with Gasteiger partial charge in [0.2, 0.25) is 11.8 Å². The maximum Gasteiger partial charge on any atom is 0.469 e. The lowest BCUT2D eigenvalue weighted by atomic mass is 9.94. The van der Waals surface area contributed by atoms with Gasteiger partial charge in [-0.3, -0.25) is 14.1 Å². The van der Waals surface area contributed by atoms with Crippen LogP contribution in [0, 0.1) is 0 Å². The molecule has 0 aromatic heterocycles. The van der Waals surface area contributed by atoms with Gasteiger partial charge in [0, 0.05) is 13.8 Å². The average Bonchev–Trinajstić information content (AvgIpc) is 0.765. The Hall–Kier alpha value is -2.87. The molecule has 704 valence electrons. The summed E-state index contributed by atoms with van der Waals surface area (Å²) in [6, 6.07) is -3.68. The van der Waals surface area contributed by atoms with E-state index in [4.69, 9.17) is 90.0 Å². The predicted octanol–water partition coefficient (Wildman–Crippen LogP) is -22.4. The van der Waals surface area contributed by atoms with Crippen LogP contribution in [0.25, 0.3) is 0 Å². The van der Waals surface area contributed by atoms with E-state index in [1.807, 2.05) is 0 Å². The number of aliphatic hydroxyl groups excluding tert-OH is 29. The third-order valence-electron chi connectivity index (χ3n) is 21.9. The van der Waals surface area contributed by atoms with Gasteiger partial charge in [-0.15, -0.1) is 0 Å². The van der Waals surface area contributed by atoms with Crippen molar-refractivity contribution in [2.24, 2.45) is 0 Å². The molecule has 10 rings (SSSR count). The van der Waals surface area contributed by atoms with Gasteiger partial charge in [0.05, 0.1) is 66.1 Å². The summed E-state index contributed by atoms with van der Waals surface area (Å²) in [5.41, 5.74) is 0. The zero-order valence-corrected chi connectivity index (χ0v) is 64.5. The van der Waals surface area contributed by atoms with E-state index in [-0.39, 0.29) is 0 Å². The molecule has 0 unspecified atom stereocenters. The molecular formula is C64H109N2O54P. The fourth-order valence-corrected chi connectivity index (χ4v) is 15.5. The minimum atomic E-state index is -5.42. The first kappa shape index (κ1) is 100. The summed E-state index contributed by atoms with van der Waals surface area (Å²) in [7, 11) is -5.42. The number of carbonyl (C=O) groups is 2. The number of nitrogens with one attached hydrogen (secondary N) is 2. The van der Waals surface area contributed by atoms with Crippen LogP contribution in [0.5, 0.6) is 0 Å². The van der Waals surface area contributed by atoms with E-state index in [9.17, 15) is 172 Å². The van der Waals surface area contributed by atoms with Crippen molar-refractivity contribution >= 4 is 19.6 Å². The first-order valence-electron chi connectivity index (χ1n) is 37.9. The van der Waals surface area contributed by atoms with Crippen LogP contribution in [-0.2, 0) is 109 Å². The molecule has 56 nitrogen and oxygen atoms in total. The van der Waals surface area contributed by atoms with E-state index < -0.39 is 393 Å². The van der Waals surface area contributed by atoms with Crippen molar-refractivity contribution in [3.05, 3.63) is 0 Å². The van der Waals surface area contributed by atoms with Crippen molar-refractivity contribution in [1.82, 2.24) is 10.6 Å². The molecular weight excluding hydrogens is 1690 g/mol. The zero-order valence-electron chi connectivity index (χ0n) is 63.6. The Balaban J connectivity index is 1.01. The van der Waals surface area contributed by atoms with Crippen LogP contribution in [0.2, 0.25) is 0 Å². The van der Waals surface area contributed by atoms with Crippen LogP contribution in [0.15, 0.2) is 0 Å². The molecule has 33 N–H and O–H groups in total. The smallest absolute Gasteiger partial charge is 0.394 e. The first-order chi connectivity index (χ1) is 57.1. The van der Waals surface area contributed by atoms with Crippen LogP contribution in [0.1, 0.15) is 13.8 Å². The molecule has 10 fully saturated rings. The average molecular weight is 1800 g/mol. The third kappa shape index (κ3) is 22.4. The summed E-state index contributed by atoms with van der Waals surface area (Å²) in [4.78, 5) is 44.2. The predicted molar refractivity (Wildman–Crippen MR) is 364 cm³/mol. The molecule has 2 amide bonds. The number of amides is 2. The largest absolute Gasteiger partial charge is 0.469 e. The Morgan fingerprint density at radius 1 is 0.256 bits per heavy atom. The molecule has 57 heteroatoms. The number of aliphatic hydroxyl groups is 29. The summed E-state index contributed by atoms with van der Waals surface area (Å²) < 4.78 is 127. The number of hydrogen-bond donors (Lipinski definition) is 33. The highest BCUT2D eigenvalue weighted by Gasteiger charge is 2.62. The lowest BCUT2D eigenvalue weighted by Crippen LogP contribution is -2.70. The van der Waals surface area contributed by atoms with E-state index in [2.05, 4.69) is 15.2 Å². The van der Waals surface area contributed by atoms with Gasteiger partial charge in [-0.05, 0) is 0 Å². The van der Waals surface area contributed by atoms with Crippen LogP contribution < -0.4 is 10.6 Å². The van der Waals surface area contributed by atoms with Gasteiger partial charge in [0.25, 0.3) is 0 Å². The molecule has 0 bridgehead atoms. The summed E-state index contributed by atoms with van der Waals surface area (Å²) >= 11 is 0. The minimum Gasteiger partial charge on any atom is -0.394 e. The number of hydrogen-bond acceptors (Lipinski definition) is 52. The number of phosphoric acid groups is 1. The van der Waals surface area contributed by atoms with Crippen LogP contribution in [-0.4, -0.2) is 543 Å². The maximum absolute atomic E-state index is 13.1. The quantitative estimate of drug-likeness (QED) is 0.0278. The van der Waals surface area contributed by atoms with Crippen molar-refractivity contribution in [2.75, 3.05) is 66.1 Å². The van der Waals surface area contributed by atoms with Crippen LogP contribution >= 0.6 is 7.82 Å².